The fourth-order valence-electron chi connectivity index (χ4n) is 0.125. The summed E-state index contributed by atoms with van der Waals surface area (Å²) in [5.74, 6) is 0. The van der Waals surface area contributed by atoms with Crippen molar-refractivity contribution < 1.29 is 25.8 Å². The molecule has 0 heterocycles. The molecule has 0 aromatic rings. The van der Waals surface area contributed by atoms with Gasteiger partial charge in [0, 0.05) is 0 Å². The second-order valence-corrected chi connectivity index (χ2v) is 3.19. The Morgan fingerprint density at radius 3 is 1.82 bits per heavy atom. The van der Waals surface area contributed by atoms with E-state index in [2.05, 4.69) is 20.1 Å². The molecule has 0 aromatic heterocycles. The molecule has 3 N–H and O–H groups in total. The molecule has 4 nitrogen and oxygen atoms in total. The van der Waals surface area contributed by atoms with Gasteiger partial charge in [-0.15, -0.1) is 0 Å². The molecule has 70 valence electrons. The molecular formula is C2H5BrF3NO3S. The third-order valence-corrected chi connectivity index (χ3v) is 2.01. The Labute approximate surface area is 69.6 Å². The first-order valence-electron chi connectivity index (χ1n) is 1.83. The van der Waals surface area contributed by atoms with Crippen molar-refractivity contribution in [1.82, 2.24) is 6.15 Å². The van der Waals surface area contributed by atoms with Crippen molar-refractivity contribution in [2.24, 2.45) is 0 Å². The smallest absolute Gasteiger partial charge is 0.344 e. The van der Waals surface area contributed by atoms with Crippen LogP contribution in [0.4, 0.5) is 13.2 Å². The molecule has 0 saturated heterocycles. The fraction of sp³-hybridized carbons (Fsp3) is 1.00. The predicted molar refractivity (Wildman–Crippen MR) is 34.9 cm³/mol. The van der Waals surface area contributed by atoms with Crippen LogP contribution in [-0.4, -0.2) is 19.4 Å². The van der Waals surface area contributed by atoms with Crippen LogP contribution in [0.25, 0.3) is 0 Å². The van der Waals surface area contributed by atoms with Crippen molar-refractivity contribution in [3.05, 3.63) is 0 Å². The summed E-state index contributed by atoms with van der Waals surface area (Å²) in [5.41, 5.74) is -6.03. The lowest BCUT2D eigenvalue weighted by atomic mass is 11.6. The van der Waals surface area contributed by atoms with E-state index in [1.165, 1.54) is 0 Å². The van der Waals surface area contributed by atoms with Gasteiger partial charge in [0.1, 0.15) is 5.52 Å². The van der Waals surface area contributed by atoms with E-state index in [9.17, 15) is 21.6 Å². The van der Waals surface area contributed by atoms with E-state index in [1.54, 1.807) is 0 Å². The molecule has 0 rings (SSSR count). The van der Waals surface area contributed by atoms with Crippen LogP contribution in [0.2, 0.25) is 0 Å². The zero-order chi connectivity index (χ0) is 8.41. The molecule has 0 atom stereocenters. The Kier molecular flexibility index (Phi) is 5.28. The van der Waals surface area contributed by atoms with Gasteiger partial charge in [-0.2, -0.15) is 21.6 Å². The van der Waals surface area contributed by atoms with E-state index in [0.717, 1.165) is 0 Å². The maximum atomic E-state index is 11.3. The Morgan fingerprint density at radius 2 is 1.73 bits per heavy atom. The normalized spacial score (nSPS) is 12.4. The number of hydrogen-bond acceptors (Lipinski definition) is 4. The molecule has 0 aliphatic rings. The van der Waals surface area contributed by atoms with Gasteiger partial charge in [-0.25, -0.2) is 0 Å². The van der Waals surface area contributed by atoms with Gasteiger partial charge in [-0.1, -0.05) is 15.9 Å². The van der Waals surface area contributed by atoms with Crippen LogP contribution in [0.5, 0.6) is 0 Å². The third kappa shape index (κ3) is 3.89. The molecule has 9 heteroatoms. The number of halogens is 4. The van der Waals surface area contributed by atoms with Crippen LogP contribution in [0.1, 0.15) is 0 Å². The van der Waals surface area contributed by atoms with Gasteiger partial charge in [0.15, 0.2) is 0 Å². The monoisotopic (exact) mass is 259 g/mol. The Morgan fingerprint density at radius 1 is 1.36 bits per heavy atom. The summed E-state index contributed by atoms with van der Waals surface area (Å²) in [7, 11) is -5.39. The van der Waals surface area contributed by atoms with E-state index >= 15 is 0 Å². The van der Waals surface area contributed by atoms with Crippen LogP contribution in [0.3, 0.4) is 0 Å². The van der Waals surface area contributed by atoms with Crippen molar-refractivity contribution in [3.63, 3.8) is 0 Å². The maximum absolute atomic E-state index is 11.3. The largest absolute Gasteiger partial charge is 0.523 e. The molecule has 0 aromatic carbocycles. The summed E-state index contributed by atoms with van der Waals surface area (Å²) < 4.78 is 57.0. The predicted octanol–water partition coefficient (Wildman–Crippen LogP) is 1.37. The summed E-state index contributed by atoms with van der Waals surface area (Å²) in [6.07, 6.45) is 0. The molecule has 0 unspecified atom stereocenters. The minimum atomic E-state index is -5.39. The average molecular weight is 260 g/mol. The molecule has 0 amide bonds. The zero-order valence-electron chi connectivity index (χ0n) is 5.06. The molecule has 11 heavy (non-hydrogen) atoms. The van der Waals surface area contributed by atoms with Crippen molar-refractivity contribution >= 4 is 26.0 Å². The molecule has 0 spiro atoms. The standard InChI is InChI=1S/C2H2BrF3O3S.H3N/c3-1-9-10(7,8)2(4,5)6;/h1H2;1H3. The van der Waals surface area contributed by atoms with Gasteiger partial charge < -0.3 is 6.15 Å². The highest BCUT2D eigenvalue weighted by Crippen LogP contribution is 2.24. The summed E-state index contributed by atoms with van der Waals surface area (Å²) >= 11 is 2.38. The second kappa shape index (κ2) is 4.24. The SMILES string of the molecule is N.O=S(=O)(OCBr)C(F)(F)F. The van der Waals surface area contributed by atoms with Crippen LogP contribution < -0.4 is 6.15 Å². The number of alkyl halides is 4. The van der Waals surface area contributed by atoms with Crippen LogP contribution in [0, 0.1) is 0 Å². The molecular weight excluding hydrogens is 255 g/mol. The minimum Gasteiger partial charge on any atom is -0.344 e. The van der Waals surface area contributed by atoms with Crippen molar-refractivity contribution in [3.8, 4) is 0 Å². The number of rotatable bonds is 2. The van der Waals surface area contributed by atoms with E-state index in [0.29, 0.717) is 0 Å². The Balaban J connectivity index is 0. The van der Waals surface area contributed by atoms with Crippen LogP contribution in [-0.2, 0) is 14.3 Å². The van der Waals surface area contributed by atoms with Crippen molar-refractivity contribution in [1.29, 1.82) is 0 Å². The average Bonchev–Trinajstić information content (AvgIpc) is 1.61. The highest BCUT2D eigenvalue weighted by molar-refractivity contribution is 9.09. The molecule has 0 bridgehead atoms. The summed E-state index contributed by atoms with van der Waals surface area (Å²) in [4.78, 5) is 0. The lowest BCUT2D eigenvalue weighted by Crippen LogP contribution is -2.24. The maximum Gasteiger partial charge on any atom is 0.523 e. The summed E-state index contributed by atoms with van der Waals surface area (Å²) in [6, 6.07) is 0. The fourth-order valence-corrected chi connectivity index (χ4v) is 1.11. The first-order chi connectivity index (χ1) is 4.31. The van der Waals surface area contributed by atoms with Gasteiger partial charge >= 0.3 is 15.6 Å². The highest BCUT2D eigenvalue weighted by atomic mass is 79.9. The van der Waals surface area contributed by atoms with Crippen LogP contribution >= 0.6 is 15.9 Å². The second-order valence-electron chi connectivity index (χ2n) is 1.13. The topological polar surface area (TPSA) is 78.4 Å². The van der Waals surface area contributed by atoms with Gasteiger partial charge in [0.25, 0.3) is 0 Å². The lowest BCUT2D eigenvalue weighted by molar-refractivity contribution is -0.0529. The highest BCUT2D eigenvalue weighted by Gasteiger charge is 2.47. The van der Waals surface area contributed by atoms with Gasteiger partial charge in [-0.05, 0) is 0 Å². The minimum absolute atomic E-state index is 0. The van der Waals surface area contributed by atoms with E-state index < -0.39 is 21.1 Å². The summed E-state index contributed by atoms with van der Waals surface area (Å²) in [6.45, 7) is 0. The zero-order valence-corrected chi connectivity index (χ0v) is 7.46. The molecule has 0 fully saturated rings. The first-order valence-corrected chi connectivity index (χ1v) is 4.36. The van der Waals surface area contributed by atoms with Crippen LogP contribution in [0.15, 0.2) is 0 Å². The molecule has 0 aliphatic carbocycles. The van der Waals surface area contributed by atoms with Crippen molar-refractivity contribution in [2.45, 2.75) is 5.51 Å². The number of hydrogen-bond donors (Lipinski definition) is 1. The van der Waals surface area contributed by atoms with Gasteiger partial charge in [0.05, 0.1) is 0 Å². The molecule has 0 radical (unpaired) electrons. The Hall–Kier alpha value is 0.140. The lowest BCUT2D eigenvalue weighted by Gasteiger charge is -2.04. The van der Waals surface area contributed by atoms with E-state index in [4.69, 9.17) is 0 Å². The van der Waals surface area contributed by atoms with Crippen molar-refractivity contribution in [2.75, 3.05) is 5.52 Å². The van der Waals surface area contributed by atoms with Gasteiger partial charge in [0.2, 0.25) is 0 Å². The van der Waals surface area contributed by atoms with E-state index in [-0.39, 0.29) is 6.15 Å². The molecule has 0 saturated carbocycles. The molecule has 0 aliphatic heterocycles. The van der Waals surface area contributed by atoms with Gasteiger partial charge in [-0.3, -0.25) is 4.18 Å². The third-order valence-electron chi connectivity index (χ3n) is 0.483. The van der Waals surface area contributed by atoms with E-state index in [1.807, 2.05) is 0 Å². The first kappa shape index (κ1) is 13.7. The Bertz CT molecular complexity index is 199. The quantitative estimate of drug-likeness (QED) is 0.462. The summed E-state index contributed by atoms with van der Waals surface area (Å²) in [5, 5.41) is 0.